The van der Waals surface area contributed by atoms with E-state index in [1.54, 1.807) is 0 Å². The third kappa shape index (κ3) is 2.10. The highest BCUT2D eigenvalue weighted by molar-refractivity contribution is 9.10. The standard InChI is InChI=1S/C13H12BrN/c1-3-12-9(2)4-5-10-6-7-11(14)8-13(10)15-12/h3-9H,1H2,2H3. The molecule has 1 aromatic carbocycles. The highest BCUT2D eigenvalue weighted by atomic mass is 79.9. The first-order chi connectivity index (χ1) is 7.20. The van der Waals surface area contributed by atoms with Gasteiger partial charge in [0.15, 0.2) is 0 Å². The Labute approximate surface area is 98.4 Å². The zero-order valence-corrected chi connectivity index (χ0v) is 10.2. The zero-order chi connectivity index (χ0) is 10.8. The number of allylic oxidation sites excluding steroid dienone is 2. The van der Waals surface area contributed by atoms with Crippen LogP contribution in [0.5, 0.6) is 0 Å². The first kappa shape index (κ1) is 10.4. The van der Waals surface area contributed by atoms with Crippen molar-refractivity contribution in [1.29, 1.82) is 0 Å². The summed E-state index contributed by atoms with van der Waals surface area (Å²) in [6, 6.07) is 6.13. The third-order valence-electron chi connectivity index (χ3n) is 2.48. The fraction of sp³-hybridized carbons (Fsp3) is 0.154. The molecule has 0 bridgehead atoms. The van der Waals surface area contributed by atoms with Crippen LogP contribution in [0, 0.1) is 5.92 Å². The van der Waals surface area contributed by atoms with Gasteiger partial charge in [-0.25, -0.2) is 0 Å². The molecule has 0 saturated heterocycles. The smallest absolute Gasteiger partial charge is 0.0716 e. The van der Waals surface area contributed by atoms with Crippen LogP contribution >= 0.6 is 15.9 Å². The van der Waals surface area contributed by atoms with E-state index >= 15 is 0 Å². The Balaban J connectivity index is 2.59. The molecule has 1 aromatic rings. The van der Waals surface area contributed by atoms with Gasteiger partial charge < -0.3 is 0 Å². The largest absolute Gasteiger partial charge is 0.252 e. The van der Waals surface area contributed by atoms with Crippen LogP contribution in [0.3, 0.4) is 0 Å². The summed E-state index contributed by atoms with van der Waals surface area (Å²) in [5, 5.41) is 0. The lowest BCUT2D eigenvalue weighted by atomic mass is 10.1. The molecule has 0 radical (unpaired) electrons. The molecule has 1 aliphatic heterocycles. The van der Waals surface area contributed by atoms with E-state index in [4.69, 9.17) is 0 Å². The summed E-state index contributed by atoms with van der Waals surface area (Å²) in [6.45, 7) is 5.92. The predicted octanol–water partition coefficient (Wildman–Crippen LogP) is 4.37. The molecular formula is C13H12BrN. The quantitative estimate of drug-likeness (QED) is 0.712. The molecule has 0 aromatic heterocycles. The molecule has 1 nitrogen and oxygen atoms in total. The highest BCUT2D eigenvalue weighted by Gasteiger charge is 2.09. The third-order valence-corrected chi connectivity index (χ3v) is 2.98. The molecule has 2 heteroatoms. The lowest BCUT2D eigenvalue weighted by Gasteiger charge is -2.04. The second-order valence-electron chi connectivity index (χ2n) is 3.59. The molecule has 1 aliphatic rings. The highest BCUT2D eigenvalue weighted by Crippen LogP contribution is 2.29. The van der Waals surface area contributed by atoms with Gasteiger partial charge in [0, 0.05) is 16.1 Å². The van der Waals surface area contributed by atoms with Crippen molar-refractivity contribution < 1.29 is 0 Å². The minimum absolute atomic E-state index is 0.327. The van der Waals surface area contributed by atoms with Crippen molar-refractivity contribution in [2.45, 2.75) is 6.92 Å². The molecular weight excluding hydrogens is 250 g/mol. The molecule has 0 amide bonds. The van der Waals surface area contributed by atoms with Crippen molar-refractivity contribution in [3.05, 3.63) is 47.0 Å². The first-order valence-electron chi connectivity index (χ1n) is 4.89. The fourth-order valence-corrected chi connectivity index (χ4v) is 1.92. The van der Waals surface area contributed by atoms with E-state index in [2.05, 4.69) is 52.6 Å². The van der Waals surface area contributed by atoms with Gasteiger partial charge in [-0.1, -0.05) is 47.7 Å². The SMILES string of the molecule is C=CC1=Nc2cc(Br)ccc2C=CC1C. The molecule has 15 heavy (non-hydrogen) atoms. The van der Waals surface area contributed by atoms with Crippen LogP contribution in [0.2, 0.25) is 0 Å². The fourth-order valence-electron chi connectivity index (χ4n) is 1.57. The van der Waals surface area contributed by atoms with Crippen molar-refractivity contribution in [2.75, 3.05) is 0 Å². The van der Waals surface area contributed by atoms with Crippen molar-refractivity contribution in [1.82, 2.24) is 0 Å². The van der Waals surface area contributed by atoms with E-state index in [9.17, 15) is 0 Å². The van der Waals surface area contributed by atoms with Crippen LogP contribution in [0.4, 0.5) is 5.69 Å². The number of nitrogens with zero attached hydrogens (tertiary/aromatic N) is 1. The number of hydrogen-bond acceptors (Lipinski definition) is 1. The van der Waals surface area contributed by atoms with Gasteiger partial charge in [-0.05, 0) is 23.8 Å². The van der Waals surface area contributed by atoms with Gasteiger partial charge in [-0.2, -0.15) is 0 Å². The van der Waals surface area contributed by atoms with Gasteiger partial charge in [0.25, 0.3) is 0 Å². The number of fused-ring (bicyclic) bond motifs is 1. The lowest BCUT2D eigenvalue weighted by Crippen LogP contribution is -2.03. The lowest BCUT2D eigenvalue weighted by molar-refractivity contribution is 1.01. The molecule has 0 spiro atoms. The number of hydrogen-bond donors (Lipinski definition) is 0. The molecule has 0 fully saturated rings. The summed E-state index contributed by atoms with van der Waals surface area (Å²) in [5.74, 6) is 0.327. The second-order valence-corrected chi connectivity index (χ2v) is 4.51. The number of halogens is 1. The molecule has 0 N–H and O–H groups in total. The van der Waals surface area contributed by atoms with Crippen LogP contribution in [-0.2, 0) is 0 Å². The van der Waals surface area contributed by atoms with Crippen LogP contribution in [0.25, 0.3) is 6.08 Å². The average molecular weight is 262 g/mol. The zero-order valence-electron chi connectivity index (χ0n) is 8.57. The van der Waals surface area contributed by atoms with E-state index in [0.717, 1.165) is 21.4 Å². The van der Waals surface area contributed by atoms with Crippen molar-refractivity contribution in [2.24, 2.45) is 10.9 Å². The maximum atomic E-state index is 4.61. The van der Waals surface area contributed by atoms with Gasteiger partial charge in [0.2, 0.25) is 0 Å². The number of benzene rings is 1. The van der Waals surface area contributed by atoms with Crippen LogP contribution in [0.15, 0.2) is 46.4 Å². The van der Waals surface area contributed by atoms with E-state index < -0.39 is 0 Å². The van der Waals surface area contributed by atoms with Crippen LogP contribution < -0.4 is 0 Å². The molecule has 2 rings (SSSR count). The minimum Gasteiger partial charge on any atom is -0.252 e. The predicted molar refractivity (Wildman–Crippen MR) is 69.6 cm³/mol. The van der Waals surface area contributed by atoms with E-state index in [-0.39, 0.29) is 0 Å². The molecule has 0 aliphatic carbocycles. The van der Waals surface area contributed by atoms with Gasteiger partial charge in [-0.15, -0.1) is 0 Å². The minimum atomic E-state index is 0.327. The van der Waals surface area contributed by atoms with Gasteiger partial charge in [-0.3, -0.25) is 4.99 Å². The number of rotatable bonds is 1. The maximum Gasteiger partial charge on any atom is 0.0716 e. The van der Waals surface area contributed by atoms with Crippen LogP contribution in [0.1, 0.15) is 12.5 Å². The summed E-state index contributed by atoms with van der Waals surface area (Å²) < 4.78 is 1.05. The molecule has 76 valence electrons. The Bertz CT molecular complexity index is 458. The molecule has 1 atom stereocenters. The maximum absolute atomic E-state index is 4.61. The molecule has 0 saturated carbocycles. The van der Waals surface area contributed by atoms with Crippen molar-refractivity contribution >= 4 is 33.4 Å². The van der Waals surface area contributed by atoms with Crippen LogP contribution in [-0.4, -0.2) is 5.71 Å². The molecule has 1 heterocycles. The first-order valence-corrected chi connectivity index (χ1v) is 5.69. The second kappa shape index (κ2) is 4.15. The summed E-state index contributed by atoms with van der Waals surface area (Å²) in [4.78, 5) is 4.61. The average Bonchev–Trinajstić information content (AvgIpc) is 2.38. The Morgan fingerprint density at radius 3 is 3.00 bits per heavy atom. The topological polar surface area (TPSA) is 12.4 Å². The Kier molecular flexibility index (Phi) is 2.87. The van der Waals surface area contributed by atoms with Crippen molar-refractivity contribution in [3.63, 3.8) is 0 Å². The summed E-state index contributed by atoms with van der Waals surface area (Å²) >= 11 is 3.45. The Morgan fingerprint density at radius 1 is 1.47 bits per heavy atom. The number of aliphatic imine (C=N–C) groups is 1. The van der Waals surface area contributed by atoms with E-state index in [0.29, 0.717) is 5.92 Å². The van der Waals surface area contributed by atoms with E-state index in [1.807, 2.05) is 18.2 Å². The van der Waals surface area contributed by atoms with Gasteiger partial charge in [0.05, 0.1) is 5.69 Å². The Morgan fingerprint density at radius 2 is 2.27 bits per heavy atom. The van der Waals surface area contributed by atoms with E-state index in [1.165, 1.54) is 0 Å². The summed E-state index contributed by atoms with van der Waals surface area (Å²) in [7, 11) is 0. The Hall–Kier alpha value is -1.15. The normalized spacial score (nSPS) is 19.1. The van der Waals surface area contributed by atoms with Crippen molar-refractivity contribution in [3.8, 4) is 0 Å². The molecule has 1 unspecified atom stereocenters. The summed E-state index contributed by atoms with van der Waals surface area (Å²) in [5.41, 5.74) is 3.17. The summed E-state index contributed by atoms with van der Waals surface area (Å²) in [6.07, 6.45) is 6.09. The monoisotopic (exact) mass is 261 g/mol. The van der Waals surface area contributed by atoms with Gasteiger partial charge >= 0.3 is 0 Å². The van der Waals surface area contributed by atoms with Gasteiger partial charge in [0.1, 0.15) is 0 Å².